The molecule has 0 spiro atoms. The third kappa shape index (κ3) is 7.28. The molecular weight excluding hydrogens is 386 g/mol. The highest BCUT2D eigenvalue weighted by atomic mass is 16.5. The summed E-state index contributed by atoms with van der Waals surface area (Å²) in [4.78, 5) is 17.1. The summed E-state index contributed by atoms with van der Waals surface area (Å²) in [6.45, 7) is 12.5. The first-order valence-electron chi connectivity index (χ1n) is 11.6. The van der Waals surface area contributed by atoms with Gasteiger partial charge >= 0.3 is 0 Å². The van der Waals surface area contributed by atoms with E-state index in [2.05, 4.69) is 71.4 Å². The van der Waals surface area contributed by atoms with Crippen molar-refractivity contribution in [1.29, 1.82) is 0 Å². The molecule has 5 heteroatoms. The minimum atomic E-state index is -0.0484. The number of hydrogen-bond donors (Lipinski definition) is 1. The van der Waals surface area contributed by atoms with Gasteiger partial charge in [0.25, 0.3) is 5.91 Å². The number of para-hydroxylation sites is 1. The molecule has 1 heterocycles. The number of benzene rings is 2. The van der Waals surface area contributed by atoms with Crippen LogP contribution < -0.4 is 15.0 Å². The largest absolute Gasteiger partial charge is 0.483 e. The molecule has 1 amide bonds. The number of hydrogen-bond acceptors (Lipinski definition) is 4. The fourth-order valence-electron chi connectivity index (χ4n) is 3.99. The van der Waals surface area contributed by atoms with E-state index in [0.29, 0.717) is 12.5 Å². The molecule has 0 saturated carbocycles. The topological polar surface area (TPSA) is 44.8 Å². The zero-order chi connectivity index (χ0) is 22.1. The molecule has 1 fully saturated rings. The van der Waals surface area contributed by atoms with Gasteiger partial charge in [-0.25, -0.2) is 0 Å². The van der Waals surface area contributed by atoms with E-state index < -0.39 is 0 Å². The maximum Gasteiger partial charge on any atom is 0.257 e. The average Bonchev–Trinajstić information content (AvgIpc) is 2.78. The van der Waals surface area contributed by atoms with E-state index in [1.807, 2.05) is 13.0 Å². The lowest BCUT2D eigenvalue weighted by atomic mass is 10.0. The lowest BCUT2D eigenvalue weighted by molar-refractivity contribution is -0.123. The van der Waals surface area contributed by atoms with E-state index in [9.17, 15) is 4.79 Å². The van der Waals surface area contributed by atoms with Gasteiger partial charge in [-0.1, -0.05) is 44.2 Å². The lowest BCUT2D eigenvalue weighted by Gasteiger charge is -2.36. The van der Waals surface area contributed by atoms with Crippen LogP contribution in [0, 0.1) is 6.92 Å². The molecule has 0 atom stereocenters. The van der Waals surface area contributed by atoms with Gasteiger partial charge in [0.15, 0.2) is 6.61 Å². The van der Waals surface area contributed by atoms with Crippen molar-refractivity contribution >= 4 is 11.6 Å². The molecular formula is C26H37N3O2. The van der Waals surface area contributed by atoms with Gasteiger partial charge in [0, 0.05) is 38.4 Å². The van der Waals surface area contributed by atoms with Gasteiger partial charge in [0.1, 0.15) is 5.75 Å². The van der Waals surface area contributed by atoms with E-state index in [1.165, 1.54) is 5.69 Å². The van der Waals surface area contributed by atoms with Crippen LogP contribution in [0.4, 0.5) is 5.69 Å². The highest BCUT2D eigenvalue weighted by Gasteiger charge is 2.16. The van der Waals surface area contributed by atoms with Crippen LogP contribution in [0.15, 0.2) is 48.5 Å². The number of ether oxygens (including phenoxy) is 1. The van der Waals surface area contributed by atoms with Crippen LogP contribution in [0.2, 0.25) is 0 Å². The summed E-state index contributed by atoms with van der Waals surface area (Å²) in [5, 5.41) is 2.99. The monoisotopic (exact) mass is 423 g/mol. The van der Waals surface area contributed by atoms with E-state index in [4.69, 9.17) is 4.74 Å². The molecule has 1 aliphatic heterocycles. The van der Waals surface area contributed by atoms with Gasteiger partial charge in [-0.05, 0) is 61.6 Å². The van der Waals surface area contributed by atoms with Crippen LogP contribution in [0.1, 0.15) is 43.7 Å². The Labute approximate surface area is 187 Å². The number of carbonyl (C=O) groups is 1. The third-order valence-electron chi connectivity index (χ3n) is 5.87. The SMILES string of the molecule is Cc1ccc(C(C)C)c(OCC(=O)NCCCCN2CCN(c3ccccc3)CC2)c1. The van der Waals surface area contributed by atoms with Gasteiger partial charge in [-0.15, -0.1) is 0 Å². The molecule has 0 aliphatic carbocycles. The van der Waals surface area contributed by atoms with Crippen molar-refractivity contribution in [3.05, 3.63) is 59.7 Å². The minimum absolute atomic E-state index is 0.0484. The number of unbranched alkanes of at least 4 members (excludes halogenated alkanes) is 1. The Kier molecular flexibility index (Phi) is 8.77. The Bertz CT molecular complexity index is 815. The number of nitrogens with one attached hydrogen (secondary N) is 1. The van der Waals surface area contributed by atoms with Crippen LogP contribution in [0.25, 0.3) is 0 Å². The van der Waals surface area contributed by atoms with Crippen LogP contribution in [0.5, 0.6) is 5.75 Å². The van der Waals surface area contributed by atoms with Crippen LogP contribution >= 0.6 is 0 Å². The molecule has 0 aromatic heterocycles. The average molecular weight is 424 g/mol. The van der Waals surface area contributed by atoms with Crippen molar-refractivity contribution in [2.45, 2.75) is 39.5 Å². The molecule has 1 aliphatic rings. The highest BCUT2D eigenvalue weighted by molar-refractivity contribution is 5.77. The predicted molar refractivity (Wildman–Crippen MR) is 128 cm³/mol. The number of nitrogens with zero attached hydrogens (tertiary/aromatic N) is 2. The first-order chi connectivity index (χ1) is 15.0. The molecule has 1 N–H and O–H groups in total. The van der Waals surface area contributed by atoms with Crippen molar-refractivity contribution < 1.29 is 9.53 Å². The number of amides is 1. The molecule has 0 bridgehead atoms. The van der Waals surface area contributed by atoms with Crippen molar-refractivity contribution in [1.82, 2.24) is 10.2 Å². The molecule has 1 saturated heterocycles. The summed E-state index contributed by atoms with van der Waals surface area (Å²) in [5.41, 5.74) is 3.61. The fourth-order valence-corrected chi connectivity index (χ4v) is 3.99. The Morgan fingerprint density at radius 2 is 1.77 bits per heavy atom. The molecule has 2 aromatic rings. The molecule has 0 radical (unpaired) electrons. The van der Waals surface area contributed by atoms with Crippen LogP contribution in [-0.2, 0) is 4.79 Å². The summed E-state index contributed by atoms with van der Waals surface area (Å²) in [6.07, 6.45) is 2.09. The number of piperazine rings is 1. The molecule has 0 unspecified atom stereocenters. The zero-order valence-electron chi connectivity index (χ0n) is 19.3. The maximum absolute atomic E-state index is 12.2. The predicted octanol–water partition coefficient (Wildman–Crippen LogP) is 4.22. The first-order valence-corrected chi connectivity index (χ1v) is 11.6. The molecule has 2 aromatic carbocycles. The lowest BCUT2D eigenvalue weighted by Crippen LogP contribution is -2.46. The quantitative estimate of drug-likeness (QED) is 0.581. The minimum Gasteiger partial charge on any atom is -0.483 e. The van der Waals surface area contributed by atoms with E-state index in [-0.39, 0.29) is 12.5 Å². The van der Waals surface area contributed by atoms with Crippen LogP contribution in [-0.4, -0.2) is 56.7 Å². The van der Waals surface area contributed by atoms with E-state index in [1.54, 1.807) is 0 Å². The second kappa shape index (κ2) is 11.8. The summed E-state index contributed by atoms with van der Waals surface area (Å²) < 4.78 is 5.81. The van der Waals surface area contributed by atoms with E-state index >= 15 is 0 Å². The number of anilines is 1. The van der Waals surface area contributed by atoms with Crippen molar-refractivity contribution in [2.24, 2.45) is 0 Å². The third-order valence-corrected chi connectivity index (χ3v) is 5.87. The number of rotatable bonds is 10. The number of carbonyl (C=O) groups excluding carboxylic acids is 1. The molecule has 5 nitrogen and oxygen atoms in total. The fraction of sp³-hybridized carbons (Fsp3) is 0.500. The van der Waals surface area contributed by atoms with Gasteiger partial charge in [0.2, 0.25) is 0 Å². The van der Waals surface area contributed by atoms with Crippen molar-refractivity contribution in [3.8, 4) is 5.75 Å². The standard InChI is InChI=1S/C26H37N3O2/c1-21(2)24-12-11-22(3)19-25(24)31-20-26(30)27-13-7-8-14-28-15-17-29(18-16-28)23-9-5-4-6-10-23/h4-6,9-12,19,21H,7-8,13-18,20H2,1-3H3,(H,27,30). The molecule has 3 rings (SSSR count). The van der Waals surface area contributed by atoms with Crippen molar-refractivity contribution in [2.75, 3.05) is 50.8 Å². The summed E-state index contributed by atoms with van der Waals surface area (Å²) >= 11 is 0. The zero-order valence-corrected chi connectivity index (χ0v) is 19.3. The van der Waals surface area contributed by atoms with Gasteiger partial charge in [-0.2, -0.15) is 0 Å². The van der Waals surface area contributed by atoms with Crippen LogP contribution in [0.3, 0.4) is 0 Å². The second-order valence-corrected chi connectivity index (χ2v) is 8.71. The smallest absolute Gasteiger partial charge is 0.257 e. The highest BCUT2D eigenvalue weighted by Crippen LogP contribution is 2.27. The van der Waals surface area contributed by atoms with E-state index in [0.717, 1.165) is 62.4 Å². The summed E-state index contributed by atoms with van der Waals surface area (Å²) in [6, 6.07) is 16.8. The van der Waals surface area contributed by atoms with Crippen molar-refractivity contribution in [3.63, 3.8) is 0 Å². The van der Waals surface area contributed by atoms with Gasteiger partial charge < -0.3 is 15.0 Å². The Hall–Kier alpha value is -2.53. The maximum atomic E-state index is 12.2. The summed E-state index contributed by atoms with van der Waals surface area (Å²) in [7, 11) is 0. The normalized spacial score (nSPS) is 14.6. The molecule has 168 valence electrons. The Morgan fingerprint density at radius 1 is 1.03 bits per heavy atom. The second-order valence-electron chi connectivity index (χ2n) is 8.71. The summed E-state index contributed by atoms with van der Waals surface area (Å²) in [5.74, 6) is 1.14. The Morgan fingerprint density at radius 3 is 2.48 bits per heavy atom. The van der Waals surface area contributed by atoms with Gasteiger partial charge in [-0.3, -0.25) is 9.69 Å². The first kappa shape index (κ1) is 23.1. The Balaban J connectivity index is 1.28. The number of aryl methyl sites for hydroxylation is 1. The molecule has 31 heavy (non-hydrogen) atoms. The van der Waals surface area contributed by atoms with Gasteiger partial charge in [0.05, 0.1) is 0 Å².